The molecule has 0 aliphatic carbocycles. The Labute approximate surface area is 198 Å². The third-order valence-corrected chi connectivity index (χ3v) is 7.74. The van der Waals surface area contributed by atoms with Gasteiger partial charge < -0.3 is 20.3 Å². The number of fused-ring (bicyclic) bond motifs is 1. The zero-order valence-electron chi connectivity index (χ0n) is 20.0. The molecule has 12 nitrogen and oxygen atoms in total. The molecule has 192 valence electrons. The smallest absolute Gasteiger partial charge is 0.406 e. The third kappa shape index (κ3) is 5.87. The predicted molar refractivity (Wildman–Crippen MR) is 123 cm³/mol. The molecule has 3 rings (SSSR count). The van der Waals surface area contributed by atoms with E-state index in [1.165, 1.54) is 26.1 Å². The minimum absolute atomic E-state index is 0.0289. The lowest BCUT2D eigenvalue weighted by Crippen LogP contribution is -2.50. The average Bonchev–Trinajstić information content (AvgIpc) is 3.01. The van der Waals surface area contributed by atoms with Crippen molar-refractivity contribution in [2.45, 2.75) is 83.5 Å². The van der Waals surface area contributed by atoms with Gasteiger partial charge in [-0.05, 0) is 38.7 Å². The van der Waals surface area contributed by atoms with Gasteiger partial charge in [-0.2, -0.15) is 4.98 Å². The van der Waals surface area contributed by atoms with Crippen LogP contribution in [-0.4, -0.2) is 57.7 Å². The van der Waals surface area contributed by atoms with Crippen molar-refractivity contribution in [3.8, 4) is 0 Å². The van der Waals surface area contributed by atoms with E-state index in [4.69, 9.17) is 24.3 Å². The van der Waals surface area contributed by atoms with E-state index in [1.54, 1.807) is 0 Å². The Morgan fingerprint density at radius 2 is 2.12 bits per heavy atom. The Morgan fingerprint density at radius 1 is 1.44 bits per heavy atom. The molecule has 2 saturated heterocycles. The van der Waals surface area contributed by atoms with E-state index in [0.717, 1.165) is 30.3 Å². The second-order valence-electron chi connectivity index (χ2n) is 9.04. The van der Waals surface area contributed by atoms with E-state index in [-0.39, 0.29) is 24.9 Å². The third-order valence-electron chi connectivity index (χ3n) is 6.04. The Morgan fingerprint density at radius 3 is 2.74 bits per heavy atom. The van der Waals surface area contributed by atoms with Gasteiger partial charge in [0.1, 0.15) is 29.7 Å². The van der Waals surface area contributed by atoms with Gasteiger partial charge in [-0.3, -0.25) is 18.4 Å². The van der Waals surface area contributed by atoms with Gasteiger partial charge in [0.15, 0.2) is 6.23 Å². The van der Waals surface area contributed by atoms with Crippen LogP contribution in [0.1, 0.15) is 59.6 Å². The van der Waals surface area contributed by atoms with E-state index in [1.807, 2.05) is 0 Å². The highest BCUT2D eigenvalue weighted by Gasteiger charge is 2.60. The van der Waals surface area contributed by atoms with Gasteiger partial charge in [0, 0.05) is 6.20 Å². The average molecular weight is 503 g/mol. The van der Waals surface area contributed by atoms with E-state index in [9.17, 15) is 19.3 Å². The topological polar surface area (TPSA) is 164 Å². The van der Waals surface area contributed by atoms with Crippen LogP contribution in [0.4, 0.5) is 5.82 Å². The highest BCUT2D eigenvalue weighted by molar-refractivity contribution is 7.51. The standard InChI is InChI=1S/C21H35N4O8P/c1-5-7-14(8-6-2)11-30-18(26)13(3)24-34(29)31-12-15-17(33-34)21(4,28)19(32-15)25-10-9-16(22)23-20(25)27/h9-10,13-15,17,19,28H,5-8,11-12H2,1-4H3,(H,24,29)(H2,22,23,27)/t13-,15+,17+,19+,21+,34-/m0/s1. The molecule has 34 heavy (non-hydrogen) atoms. The minimum atomic E-state index is -4.00. The summed E-state index contributed by atoms with van der Waals surface area (Å²) in [6, 6.07) is 0.421. The normalized spacial score (nSPS) is 31.9. The first-order chi connectivity index (χ1) is 16.0. The molecule has 0 bridgehead atoms. The maximum atomic E-state index is 13.2. The molecule has 0 saturated carbocycles. The Bertz CT molecular complexity index is 964. The highest BCUT2D eigenvalue weighted by atomic mass is 31.2. The number of anilines is 1. The lowest BCUT2D eigenvalue weighted by Gasteiger charge is -2.36. The molecule has 13 heteroatoms. The molecular formula is C21H35N4O8P. The van der Waals surface area contributed by atoms with Gasteiger partial charge in [-0.25, -0.2) is 14.4 Å². The number of esters is 1. The number of rotatable bonds is 10. The van der Waals surface area contributed by atoms with E-state index >= 15 is 0 Å². The number of nitrogens with zero attached hydrogens (tertiary/aromatic N) is 2. The van der Waals surface area contributed by atoms with E-state index in [0.29, 0.717) is 0 Å². The van der Waals surface area contributed by atoms with Crippen LogP contribution >= 0.6 is 7.75 Å². The molecule has 1 aromatic heterocycles. The summed E-state index contributed by atoms with van der Waals surface area (Å²) in [6.45, 7) is 7.17. The molecule has 0 radical (unpaired) electrons. The Kier molecular flexibility index (Phi) is 8.54. The molecule has 2 fully saturated rings. The Balaban J connectivity index is 1.65. The van der Waals surface area contributed by atoms with Gasteiger partial charge in [-0.15, -0.1) is 0 Å². The zero-order chi connectivity index (χ0) is 25.1. The second-order valence-corrected chi connectivity index (χ2v) is 10.8. The second kappa shape index (κ2) is 10.8. The summed E-state index contributed by atoms with van der Waals surface area (Å²) in [4.78, 5) is 28.4. The van der Waals surface area contributed by atoms with Crippen molar-refractivity contribution >= 4 is 19.5 Å². The van der Waals surface area contributed by atoms with Crippen molar-refractivity contribution in [2.75, 3.05) is 18.9 Å². The van der Waals surface area contributed by atoms with Gasteiger partial charge in [0.25, 0.3) is 0 Å². The van der Waals surface area contributed by atoms with Crippen LogP contribution in [0.3, 0.4) is 0 Å². The number of ether oxygens (including phenoxy) is 2. The lowest BCUT2D eigenvalue weighted by molar-refractivity contribution is -0.147. The van der Waals surface area contributed by atoms with Crippen LogP contribution in [0.2, 0.25) is 0 Å². The fraction of sp³-hybridized carbons (Fsp3) is 0.762. The summed E-state index contributed by atoms with van der Waals surface area (Å²) < 4.78 is 36.6. The Hall–Kier alpha value is -1.82. The van der Waals surface area contributed by atoms with Crippen molar-refractivity contribution in [3.05, 3.63) is 22.7 Å². The maximum absolute atomic E-state index is 13.2. The number of nitrogen functional groups attached to an aromatic ring is 1. The van der Waals surface area contributed by atoms with Crippen LogP contribution in [-0.2, 0) is 27.9 Å². The van der Waals surface area contributed by atoms with Gasteiger partial charge in [-0.1, -0.05) is 26.7 Å². The fourth-order valence-corrected chi connectivity index (χ4v) is 6.07. The van der Waals surface area contributed by atoms with E-state index in [2.05, 4.69) is 23.9 Å². The van der Waals surface area contributed by atoms with Crippen molar-refractivity contribution in [3.63, 3.8) is 0 Å². The number of aromatic nitrogens is 2. The first kappa shape index (κ1) is 26.8. The number of aliphatic hydroxyl groups is 1. The van der Waals surface area contributed by atoms with Crippen LogP contribution in [0, 0.1) is 5.92 Å². The summed E-state index contributed by atoms with van der Waals surface area (Å²) >= 11 is 0. The first-order valence-electron chi connectivity index (χ1n) is 11.6. The molecule has 6 atom stereocenters. The number of nitrogens with two attached hydrogens (primary N) is 1. The van der Waals surface area contributed by atoms with Crippen LogP contribution in [0.25, 0.3) is 0 Å². The summed E-state index contributed by atoms with van der Waals surface area (Å²) in [7, 11) is -4.00. The molecule has 1 aromatic rings. The van der Waals surface area contributed by atoms with Gasteiger partial charge >= 0.3 is 19.4 Å². The highest BCUT2D eigenvalue weighted by Crippen LogP contribution is 2.55. The van der Waals surface area contributed by atoms with Gasteiger partial charge in [0.2, 0.25) is 0 Å². The number of hydrogen-bond donors (Lipinski definition) is 3. The van der Waals surface area contributed by atoms with E-state index < -0.39 is 49.5 Å². The molecule has 0 spiro atoms. The van der Waals surface area contributed by atoms with Gasteiger partial charge in [0.05, 0.1) is 13.2 Å². The van der Waals surface area contributed by atoms with Crippen molar-refractivity contribution in [2.24, 2.45) is 5.92 Å². The summed E-state index contributed by atoms with van der Waals surface area (Å²) in [5.74, 6) is -0.270. The number of carbonyl (C=O) groups excluding carboxylic acids is 1. The molecule has 0 unspecified atom stereocenters. The summed E-state index contributed by atoms with van der Waals surface area (Å²) in [5, 5.41) is 13.7. The minimum Gasteiger partial charge on any atom is -0.464 e. The number of nitrogens with one attached hydrogen (secondary N) is 1. The molecule has 4 N–H and O–H groups in total. The SMILES string of the molecule is CCCC(CCC)COC(=O)[C@H](C)N[P@]1(=O)OC[C@H]2O[C@@H](n3ccc(N)nc3=O)[C@](C)(O)[C@@H]2O1. The summed E-state index contributed by atoms with van der Waals surface area (Å²) in [5.41, 5.74) is 3.05. The fourth-order valence-electron chi connectivity index (χ4n) is 4.31. The van der Waals surface area contributed by atoms with Crippen molar-refractivity contribution in [1.29, 1.82) is 0 Å². The molecule has 2 aliphatic rings. The molecule has 2 aliphatic heterocycles. The van der Waals surface area contributed by atoms with Crippen LogP contribution in [0.15, 0.2) is 17.1 Å². The molecular weight excluding hydrogens is 467 g/mol. The number of hydrogen-bond acceptors (Lipinski definition) is 10. The zero-order valence-corrected chi connectivity index (χ0v) is 20.9. The number of carbonyl (C=O) groups is 1. The summed E-state index contributed by atoms with van der Waals surface area (Å²) in [6.07, 6.45) is 2.18. The first-order valence-corrected chi connectivity index (χ1v) is 13.1. The monoisotopic (exact) mass is 502 g/mol. The predicted octanol–water partition coefficient (Wildman–Crippen LogP) is 1.74. The van der Waals surface area contributed by atoms with Crippen LogP contribution in [0.5, 0.6) is 0 Å². The lowest BCUT2D eigenvalue weighted by atomic mass is 9.96. The molecule has 0 aromatic carbocycles. The van der Waals surface area contributed by atoms with Crippen LogP contribution < -0.4 is 16.5 Å². The van der Waals surface area contributed by atoms with Crippen molar-refractivity contribution in [1.82, 2.24) is 14.6 Å². The van der Waals surface area contributed by atoms with Crippen molar-refractivity contribution < 1.29 is 33.0 Å². The largest absolute Gasteiger partial charge is 0.464 e. The molecule has 3 heterocycles. The quantitative estimate of drug-likeness (QED) is 0.315. The molecule has 0 amide bonds. The maximum Gasteiger partial charge on any atom is 0.406 e.